The number of halogens is 3. The maximum Gasteiger partial charge on any atom is 0.393 e. The summed E-state index contributed by atoms with van der Waals surface area (Å²) in [5.41, 5.74) is 1.30. The van der Waals surface area contributed by atoms with Crippen molar-refractivity contribution < 1.29 is 17.9 Å². The van der Waals surface area contributed by atoms with Gasteiger partial charge >= 0.3 is 6.18 Å². The number of benzene rings is 1. The van der Waals surface area contributed by atoms with Gasteiger partial charge in [0.2, 0.25) is 0 Å². The number of ether oxygens (including phenoxy) is 1. The number of anilines is 1. The Balaban J connectivity index is 1.33. The van der Waals surface area contributed by atoms with Crippen molar-refractivity contribution in [1.29, 1.82) is 0 Å². The molecule has 0 radical (unpaired) electrons. The molecule has 0 amide bonds. The molecule has 0 bridgehead atoms. The number of nitrogens with zero attached hydrogens (tertiary/aromatic N) is 4. The van der Waals surface area contributed by atoms with Gasteiger partial charge < -0.3 is 9.64 Å². The quantitative estimate of drug-likeness (QED) is 0.498. The molecule has 2 aliphatic heterocycles. The SMILES string of the molecule is FC(F)(F)Cc1cc2c(N3CCC[C@H](N(Cc4ccccc4)C4COC4)CC3)ncnc2s1. The van der Waals surface area contributed by atoms with E-state index in [0.717, 1.165) is 74.7 Å². The average Bonchev–Trinajstić information content (AvgIpc) is 2.98. The van der Waals surface area contributed by atoms with Gasteiger partial charge in [-0.15, -0.1) is 11.3 Å². The summed E-state index contributed by atoms with van der Waals surface area (Å²) in [6.07, 6.45) is -0.605. The molecule has 1 atom stereocenters. The van der Waals surface area contributed by atoms with Crippen LogP contribution in [0.4, 0.5) is 19.0 Å². The minimum atomic E-state index is -4.22. The first-order chi connectivity index (χ1) is 16.0. The van der Waals surface area contributed by atoms with E-state index in [1.807, 2.05) is 6.07 Å². The average molecular weight is 477 g/mol. The normalized spacial score (nSPS) is 20.2. The lowest BCUT2D eigenvalue weighted by Gasteiger charge is -2.42. The minimum absolute atomic E-state index is 0.283. The molecule has 0 spiro atoms. The van der Waals surface area contributed by atoms with Crippen molar-refractivity contribution >= 4 is 27.4 Å². The summed E-state index contributed by atoms with van der Waals surface area (Å²) in [6.45, 7) is 4.11. The zero-order valence-electron chi connectivity index (χ0n) is 18.3. The summed E-state index contributed by atoms with van der Waals surface area (Å²) in [5, 5.41) is 0.730. The Labute approximate surface area is 195 Å². The molecule has 3 aromatic rings. The molecule has 2 fully saturated rings. The van der Waals surface area contributed by atoms with Gasteiger partial charge in [-0.05, 0) is 30.9 Å². The van der Waals surface area contributed by atoms with Gasteiger partial charge in [-0.25, -0.2) is 9.97 Å². The summed E-state index contributed by atoms with van der Waals surface area (Å²) in [6, 6.07) is 13.0. The third-order valence-corrected chi connectivity index (χ3v) is 7.54. The zero-order valence-corrected chi connectivity index (χ0v) is 19.1. The first-order valence-electron chi connectivity index (χ1n) is 11.4. The molecular formula is C24H27F3N4OS. The lowest BCUT2D eigenvalue weighted by molar-refractivity contribution is -0.126. The summed E-state index contributed by atoms with van der Waals surface area (Å²) in [4.78, 5) is 14.4. The number of thiophene rings is 1. The molecule has 0 aliphatic carbocycles. The molecule has 33 heavy (non-hydrogen) atoms. The Morgan fingerprint density at radius 1 is 1.06 bits per heavy atom. The molecule has 9 heteroatoms. The van der Waals surface area contributed by atoms with E-state index in [0.29, 0.717) is 16.9 Å². The van der Waals surface area contributed by atoms with E-state index >= 15 is 0 Å². The van der Waals surface area contributed by atoms with E-state index in [9.17, 15) is 13.2 Å². The summed E-state index contributed by atoms with van der Waals surface area (Å²) in [7, 11) is 0. The summed E-state index contributed by atoms with van der Waals surface area (Å²) < 4.78 is 44.2. The highest BCUT2D eigenvalue weighted by atomic mass is 32.1. The van der Waals surface area contributed by atoms with E-state index in [2.05, 4.69) is 44.0 Å². The van der Waals surface area contributed by atoms with Crippen LogP contribution in [-0.2, 0) is 17.7 Å². The Morgan fingerprint density at radius 2 is 1.88 bits per heavy atom. The van der Waals surface area contributed by atoms with E-state index in [4.69, 9.17) is 4.74 Å². The highest BCUT2D eigenvalue weighted by Gasteiger charge is 2.33. The van der Waals surface area contributed by atoms with Crippen LogP contribution >= 0.6 is 11.3 Å². The lowest BCUT2D eigenvalue weighted by Crippen LogP contribution is -2.53. The maximum absolute atomic E-state index is 12.9. The molecule has 0 unspecified atom stereocenters. The lowest BCUT2D eigenvalue weighted by atomic mass is 10.0. The van der Waals surface area contributed by atoms with E-state index in [1.54, 1.807) is 6.07 Å². The molecule has 2 aromatic heterocycles. The van der Waals surface area contributed by atoms with Crippen LogP contribution in [0.15, 0.2) is 42.7 Å². The van der Waals surface area contributed by atoms with Crippen LogP contribution < -0.4 is 4.90 Å². The Hall–Kier alpha value is -2.23. The maximum atomic E-state index is 12.9. The van der Waals surface area contributed by atoms with Gasteiger partial charge in [0, 0.05) is 30.6 Å². The first-order valence-corrected chi connectivity index (χ1v) is 12.2. The standard InChI is InChI=1S/C24H27F3N4OS/c25-24(26,27)12-20-11-21-22(28-16-29-23(21)33-20)30-9-4-7-18(8-10-30)31(19-14-32-15-19)13-17-5-2-1-3-6-17/h1-3,5-6,11,16,18-19H,4,7-10,12-15H2/t18-/m0/s1. The van der Waals surface area contributed by atoms with Crippen molar-refractivity contribution in [3.05, 3.63) is 53.2 Å². The predicted molar refractivity (Wildman–Crippen MR) is 124 cm³/mol. The number of hydrogen-bond donors (Lipinski definition) is 0. The molecule has 4 heterocycles. The van der Waals surface area contributed by atoms with Crippen LogP contribution in [0, 0.1) is 0 Å². The number of hydrogen-bond acceptors (Lipinski definition) is 6. The van der Waals surface area contributed by atoms with Crippen LogP contribution in [0.3, 0.4) is 0 Å². The molecule has 5 nitrogen and oxygen atoms in total. The van der Waals surface area contributed by atoms with Crippen molar-refractivity contribution in [1.82, 2.24) is 14.9 Å². The van der Waals surface area contributed by atoms with Crippen molar-refractivity contribution in [3.63, 3.8) is 0 Å². The largest absolute Gasteiger partial charge is 0.393 e. The third kappa shape index (κ3) is 5.31. The summed E-state index contributed by atoms with van der Waals surface area (Å²) >= 11 is 1.11. The number of alkyl halides is 3. The topological polar surface area (TPSA) is 41.5 Å². The van der Waals surface area contributed by atoms with Gasteiger partial charge in [0.05, 0.1) is 31.1 Å². The van der Waals surface area contributed by atoms with Gasteiger partial charge in [0.1, 0.15) is 17.0 Å². The van der Waals surface area contributed by atoms with E-state index < -0.39 is 12.6 Å². The zero-order chi connectivity index (χ0) is 22.8. The summed E-state index contributed by atoms with van der Waals surface area (Å²) in [5.74, 6) is 0.756. The fourth-order valence-corrected chi connectivity index (χ4v) is 5.84. The smallest absolute Gasteiger partial charge is 0.378 e. The van der Waals surface area contributed by atoms with Crippen LogP contribution in [0.2, 0.25) is 0 Å². The second-order valence-corrected chi connectivity index (χ2v) is 9.96. The first kappa shape index (κ1) is 22.6. The molecule has 5 rings (SSSR count). The Bertz CT molecular complexity index is 1070. The van der Waals surface area contributed by atoms with Gasteiger partial charge in [0.25, 0.3) is 0 Å². The van der Waals surface area contributed by atoms with Crippen molar-refractivity contribution in [2.24, 2.45) is 0 Å². The molecule has 1 aromatic carbocycles. The molecule has 0 N–H and O–H groups in total. The predicted octanol–water partition coefficient (Wildman–Crippen LogP) is 5.06. The highest BCUT2D eigenvalue weighted by Crippen LogP contribution is 2.35. The van der Waals surface area contributed by atoms with Crippen LogP contribution in [-0.4, -0.2) is 59.4 Å². The van der Waals surface area contributed by atoms with Crippen molar-refractivity contribution in [2.45, 2.75) is 50.5 Å². The molecule has 2 saturated heterocycles. The minimum Gasteiger partial charge on any atom is -0.378 e. The van der Waals surface area contributed by atoms with Crippen molar-refractivity contribution in [2.75, 3.05) is 31.2 Å². The monoisotopic (exact) mass is 476 g/mol. The van der Waals surface area contributed by atoms with Gasteiger partial charge in [-0.1, -0.05) is 30.3 Å². The number of rotatable bonds is 6. The molecular weight excluding hydrogens is 449 g/mol. The van der Waals surface area contributed by atoms with Crippen LogP contribution in [0.5, 0.6) is 0 Å². The molecule has 176 valence electrons. The number of fused-ring (bicyclic) bond motifs is 1. The van der Waals surface area contributed by atoms with Gasteiger partial charge in [-0.3, -0.25) is 4.90 Å². The van der Waals surface area contributed by atoms with E-state index in [1.165, 1.54) is 11.9 Å². The Kier molecular flexibility index (Phi) is 6.53. The third-order valence-electron chi connectivity index (χ3n) is 6.50. The van der Waals surface area contributed by atoms with Gasteiger partial charge in [0.15, 0.2) is 0 Å². The Morgan fingerprint density at radius 3 is 2.61 bits per heavy atom. The highest BCUT2D eigenvalue weighted by molar-refractivity contribution is 7.18. The van der Waals surface area contributed by atoms with Gasteiger partial charge in [-0.2, -0.15) is 13.2 Å². The number of aromatic nitrogens is 2. The molecule has 2 aliphatic rings. The second kappa shape index (κ2) is 9.56. The van der Waals surface area contributed by atoms with Crippen LogP contribution in [0.1, 0.15) is 29.7 Å². The second-order valence-electron chi connectivity index (χ2n) is 8.84. The van der Waals surface area contributed by atoms with E-state index in [-0.39, 0.29) is 4.88 Å². The fourth-order valence-electron chi connectivity index (χ4n) is 4.82. The molecule has 0 saturated carbocycles. The van der Waals surface area contributed by atoms with Crippen molar-refractivity contribution in [3.8, 4) is 0 Å². The van der Waals surface area contributed by atoms with Crippen LogP contribution in [0.25, 0.3) is 10.2 Å². The fraction of sp³-hybridized carbons (Fsp3) is 0.500.